The highest BCUT2D eigenvalue weighted by Gasteiger charge is 2.17. The average Bonchev–Trinajstić information content (AvgIpc) is 2.60. The fourth-order valence-corrected chi connectivity index (χ4v) is 1.97. The van der Waals surface area contributed by atoms with E-state index in [0.29, 0.717) is 22.6 Å². The van der Waals surface area contributed by atoms with Crippen LogP contribution < -0.4 is 10.1 Å². The Morgan fingerprint density at radius 3 is 2.26 bits per heavy atom. The predicted octanol–water partition coefficient (Wildman–Crippen LogP) is 2.58. The van der Waals surface area contributed by atoms with E-state index >= 15 is 0 Å². The van der Waals surface area contributed by atoms with Crippen LogP contribution in [0.3, 0.4) is 0 Å². The summed E-state index contributed by atoms with van der Waals surface area (Å²) in [5, 5.41) is 3.84. The summed E-state index contributed by atoms with van der Waals surface area (Å²) in [7, 11) is 4.46. The topological polar surface area (TPSA) is 67.9 Å². The smallest absolute Gasteiger partial charge is 0.279 e. The van der Waals surface area contributed by atoms with Crippen molar-refractivity contribution in [3.8, 4) is 5.75 Å². The Labute approximate surface area is 134 Å². The second-order valence-corrected chi connectivity index (χ2v) is 4.71. The Morgan fingerprint density at radius 2 is 1.65 bits per heavy atom. The number of hydrogen-bond acceptors (Lipinski definition) is 4. The van der Waals surface area contributed by atoms with Gasteiger partial charge in [0.15, 0.2) is 0 Å². The normalized spacial score (nSPS) is 10.0. The Hall–Kier alpha value is -2.86. The van der Waals surface area contributed by atoms with Gasteiger partial charge in [-0.05, 0) is 36.4 Å². The molecule has 2 aromatic carbocycles. The van der Waals surface area contributed by atoms with Crippen molar-refractivity contribution in [1.29, 1.82) is 0 Å². The monoisotopic (exact) mass is 314 g/mol. The molecule has 0 heterocycles. The van der Waals surface area contributed by atoms with Crippen LogP contribution in [0.25, 0.3) is 0 Å². The molecule has 0 unspecified atom stereocenters. The number of anilines is 1. The number of carbonyl (C=O) groups excluding carboxylic acids is 2. The van der Waals surface area contributed by atoms with Crippen molar-refractivity contribution < 1.29 is 19.2 Å². The first-order valence-electron chi connectivity index (χ1n) is 6.93. The van der Waals surface area contributed by atoms with Gasteiger partial charge in [-0.25, -0.2) is 5.06 Å². The number of hydrogen-bond donors (Lipinski definition) is 1. The number of para-hydroxylation sites is 1. The van der Waals surface area contributed by atoms with E-state index in [1.165, 1.54) is 14.2 Å². The number of hydroxylamine groups is 2. The van der Waals surface area contributed by atoms with Gasteiger partial charge in [0.1, 0.15) is 5.75 Å². The Bertz CT molecular complexity index is 698. The third-order valence-corrected chi connectivity index (χ3v) is 3.32. The number of ether oxygens (including phenoxy) is 1. The van der Waals surface area contributed by atoms with Crippen LogP contribution in [0, 0.1) is 0 Å². The molecule has 2 aromatic rings. The fraction of sp³-hybridized carbons (Fsp3) is 0.176. The maximum Gasteiger partial charge on any atom is 0.279 e. The molecule has 6 nitrogen and oxygen atoms in total. The number of rotatable bonds is 5. The van der Waals surface area contributed by atoms with Gasteiger partial charge in [0.05, 0.1) is 25.5 Å². The van der Waals surface area contributed by atoms with Gasteiger partial charge >= 0.3 is 0 Å². The minimum absolute atomic E-state index is 0.312. The van der Waals surface area contributed by atoms with Gasteiger partial charge in [-0.2, -0.15) is 0 Å². The molecular formula is C17H18N2O4. The SMILES string of the molecule is COc1ccc(C(=O)Nc2ccccc2C(=O)N(C)OC)cc1. The molecule has 2 rings (SSSR count). The highest BCUT2D eigenvalue weighted by Crippen LogP contribution is 2.19. The minimum atomic E-state index is -0.349. The van der Waals surface area contributed by atoms with Crippen LogP contribution in [0.15, 0.2) is 48.5 Å². The van der Waals surface area contributed by atoms with E-state index in [2.05, 4.69) is 5.32 Å². The van der Waals surface area contributed by atoms with Gasteiger partial charge in [0.25, 0.3) is 11.8 Å². The summed E-state index contributed by atoms with van der Waals surface area (Å²) < 4.78 is 5.06. The van der Waals surface area contributed by atoms with Crippen molar-refractivity contribution in [2.75, 3.05) is 26.6 Å². The van der Waals surface area contributed by atoms with Crippen molar-refractivity contribution in [2.45, 2.75) is 0 Å². The van der Waals surface area contributed by atoms with Crippen molar-refractivity contribution in [2.24, 2.45) is 0 Å². The lowest BCUT2D eigenvalue weighted by molar-refractivity contribution is -0.0756. The largest absolute Gasteiger partial charge is 0.497 e. The number of amides is 2. The summed E-state index contributed by atoms with van der Waals surface area (Å²) in [6.45, 7) is 0. The number of nitrogens with zero attached hydrogens (tertiary/aromatic N) is 1. The molecule has 120 valence electrons. The molecule has 0 aliphatic carbocycles. The summed E-state index contributed by atoms with van der Waals surface area (Å²) in [6.07, 6.45) is 0. The Morgan fingerprint density at radius 1 is 1.00 bits per heavy atom. The van der Waals surface area contributed by atoms with E-state index in [1.54, 1.807) is 55.6 Å². The lowest BCUT2D eigenvalue weighted by atomic mass is 10.1. The second-order valence-electron chi connectivity index (χ2n) is 4.71. The zero-order chi connectivity index (χ0) is 16.8. The van der Waals surface area contributed by atoms with Crippen molar-refractivity contribution >= 4 is 17.5 Å². The molecule has 0 bridgehead atoms. The number of methoxy groups -OCH3 is 1. The van der Waals surface area contributed by atoms with Crippen LogP contribution in [0.1, 0.15) is 20.7 Å². The second kappa shape index (κ2) is 7.42. The molecule has 0 atom stereocenters. The first-order valence-corrected chi connectivity index (χ1v) is 6.93. The first kappa shape index (κ1) is 16.5. The Kier molecular flexibility index (Phi) is 5.32. The van der Waals surface area contributed by atoms with E-state index in [-0.39, 0.29) is 11.8 Å². The maximum atomic E-state index is 12.3. The third-order valence-electron chi connectivity index (χ3n) is 3.32. The molecule has 1 N–H and O–H groups in total. The van der Waals surface area contributed by atoms with Crippen molar-refractivity contribution in [3.63, 3.8) is 0 Å². The molecule has 0 aliphatic rings. The summed E-state index contributed by atoms with van der Waals surface area (Å²) in [5.41, 5.74) is 1.23. The first-order chi connectivity index (χ1) is 11.1. The minimum Gasteiger partial charge on any atom is -0.497 e. The van der Waals surface area contributed by atoms with E-state index < -0.39 is 0 Å². The molecule has 0 spiro atoms. The van der Waals surface area contributed by atoms with Crippen LogP contribution >= 0.6 is 0 Å². The van der Waals surface area contributed by atoms with Gasteiger partial charge in [0, 0.05) is 12.6 Å². The lowest BCUT2D eigenvalue weighted by Crippen LogP contribution is -2.26. The summed E-state index contributed by atoms with van der Waals surface area (Å²) in [4.78, 5) is 29.4. The number of carbonyl (C=O) groups is 2. The molecule has 2 amide bonds. The molecule has 0 saturated heterocycles. The highest BCUT2D eigenvalue weighted by atomic mass is 16.7. The standard InChI is InChI=1S/C17H18N2O4/c1-19(23-3)17(21)14-6-4-5-7-15(14)18-16(20)12-8-10-13(22-2)11-9-12/h4-11H,1-3H3,(H,18,20). The molecule has 0 saturated carbocycles. The summed E-state index contributed by atoms with van der Waals surface area (Å²) in [6, 6.07) is 13.5. The fourth-order valence-electron chi connectivity index (χ4n) is 1.97. The quantitative estimate of drug-likeness (QED) is 0.861. The van der Waals surface area contributed by atoms with Crippen LogP contribution in [0.2, 0.25) is 0 Å². The van der Waals surface area contributed by atoms with E-state index in [9.17, 15) is 9.59 Å². The Balaban J connectivity index is 2.22. The zero-order valence-corrected chi connectivity index (χ0v) is 13.2. The molecule has 0 fully saturated rings. The van der Waals surface area contributed by atoms with Crippen LogP contribution in [0.5, 0.6) is 5.75 Å². The zero-order valence-electron chi connectivity index (χ0n) is 13.2. The third kappa shape index (κ3) is 3.87. The van der Waals surface area contributed by atoms with Gasteiger partial charge < -0.3 is 10.1 Å². The average molecular weight is 314 g/mol. The lowest BCUT2D eigenvalue weighted by Gasteiger charge is -2.16. The molecule has 6 heteroatoms. The highest BCUT2D eigenvalue weighted by molar-refractivity contribution is 6.08. The van der Waals surface area contributed by atoms with Gasteiger partial charge in [-0.3, -0.25) is 14.4 Å². The van der Waals surface area contributed by atoms with Crippen LogP contribution in [-0.2, 0) is 4.84 Å². The van der Waals surface area contributed by atoms with Crippen LogP contribution in [-0.4, -0.2) is 38.1 Å². The molecule has 23 heavy (non-hydrogen) atoms. The van der Waals surface area contributed by atoms with Gasteiger partial charge in [0.2, 0.25) is 0 Å². The van der Waals surface area contributed by atoms with Gasteiger partial charge in [-0.1, -0.05) is 12.1 Å². The number of benzene rings is 2. The molecule has 0 radical (unpaired) electrons. The van der Waals surface area contributed by atoms with E-state index in [4.69, 9.17) is 9.57 Å². The van der Waals surface area contributed by atoms with Gasteiger partial charge in [-0.15, -0.1) is 0 Å². The summed E-state index contributed by atoms with van der Waals surface area (Å²) in [5.74, 6) is 0.00458. The van der Waals surface area contributed by atoms with Crippen molar-refractivity contribution in [3.05, 3.63) is 59.7 Å². The van der Waals surface area contributed by atoms with E-state index in [1.807, 2.05) is 0 Å². The number of nitrogens with one attached hydrogen (secondary N) is 1. The molecule has 0 aromatic heterocycles. The summed E-state index contributed by atoms with van der Waals surface area (Å²) >= 11 is 0. The maximum absolute atomic E-state index is 12.3. The molecule has 0 aliphatic heterocycles. The van der Waals surface area contributed by atoms with Crippen LogP contribution in [0.4, 0.5) is 5.69 Å². The predicted molar refractivity (Wildman–Crippen MR) is 86.5 cm³/mol. The van der Waals surface area contributed by atoms with Crippen molar-refractivity contribution in [1.82, 2.24) is 5.06 Å². The molecular weight excluding hydrogens is 296 g/mol. The van der Waals surface area contributed by atoms with E-state index in [0.717, 1.165) is 5.06 Å².